The van der Waals surface area contributed by atoms with Crippen LogP contribution < -0.4 is 5.32 Å². The summed E-state index contributed by atoms with van der Waals surface area (Å²) in [6, 6.07) is 1.20. The SMILES string of the molecule is COC(=O)N/C(=N\c1ccnn1[C@@H]1O[C@H](CO)[C@H]2OC(C)(C)OC12)C(F)(F)F. The molecule has 2 aliphatic heterocycles. The molecule has 2 fully saturated rings. The molecule has 0 spiro atoms. The normalized spacial score (nSPS) is 29.6. The molecule has 0 bridgehead atoms. The summed E-state index contributed by atoms with van der Waals surface area (Å²) in [5.74, 6) is -2.80. The van der Waals surface area contributed by atoms with Gasteiger partial charge in [0.05, 0.1) is 19.9 Å². The van der Waals surface area contributed by atoms with Crippen molar-refractivity contribution in [3.63, 3.8) is 0 Å². The number of fused-ring (bicyclic) bond motifs is 1. The van der Waals surface area contributed by atoms with E-state index in [2.05, 4.69) is 14.8 Å². The van der Waals surface area contributed by atoms with Crippen LogP contribution in [0.15, 0.2) is 17.3 Å². The average Bonchev–Trinajstić information content (AvgIpc) is 3.25. The van der Waals surface area contributed by atoms with E-state index < -0.39 is 48.4 Å². The maximum atomic E-state index is 13.2. The molecule has 4 atom stereocenters. The molecular formula is C15H19F3N4O6. The van der Waals surface area contributed by atoms with E-state index in [1.165, 1.54) is 17.6 Å². The van der Waals surface area contributed by atoms with E-state index in [9.17, 15) is 23.1 Å². The number of nitrogens with zero attached hydrogens (tertiary/aromatic N) is 3. The Hall–Kier alpha value is -2.22. The summed E-state index contributed by atoms with van der Waals surface area (Å²) in [6.45, 7) is 2.96. The molecule has 28 heavy (non-hydrogen) atoms. The highest BCUT2D eigenvalue weighted by molar-refractivity contribution is 5.99. The Morgan fingerprint density at radius 2 is 2.11 bits per heavy atom. The number of aromatic nitrogens is 2. The molecule has 13 heteroatoms. The van der Waals surface area contributed by atoms with E-state index in [0.717, 1.165) is 11.8 Å². The number of aliphatic hydroxyl groups excluding tert-OH is 1. The predicted molar refractivity (Wildman–Crippen MR) is 85.7 cm³/mol. The average molecular weight is 408 g/mol. The summed E-state index contributed by atoms with van der Waals surface area (Å²) in [4.78, 5) is 14.7. The second kappa shape index (κ2) is 7.31. The maximum Gasteiger partial charge on any atom is 0.449 e. The van der Waals surface area contributed by atoms with Crippen molar-refractivity contribution in [2.75, 3.05) is 13.7 Å². The number of nitrogens with one attached hydrogen (secondary N) is 1. The van der Waals surface area contributed by atoms with Crippen molar-refractivity contribution in [1.82, 2.24) is 15.1 Å². The monoisotopic (exact) mass is 408 g/mol. The number of aliphatic hydroxyl groups is 1. The van der Waals surface area contributed by atoms with Gasteiger partial charge in [0.1, 0.15) is 18.3 Å². The van der Waals surface area contributed by atoms with Crippen molar-refractivity contribution in [2.45, 2.75) is 50.4 Å². The fourth-order valence-electron chi connectivity index (χ4n) is 3.02. The van der Waals surface area contributed by atoms with Crippen LogP contribution in [0.1, 0.15) is 20.1 Å². The van der Waals surface area contributed by atoms with Gasteiger partial charge in [-0.25, -0.2) is 14.5 Å². The lowest BCUT2D eigenvalue weighted by Crippen LogP contribution is -2.40. The van der Waals surface area contributed by atoms with Gasteiger partial charge in [0.25, 0.3) is 0 Å². The third-order valence-electron chi connectivity index (χ3n) is 4.10. The summed E-state index contributed by atoms with van der Waals surface area (Å²) >= 11 is 0. The van der Waals surface area contributed by atoms with Gasteiger partial charge in [0, 0.05) is 6.07 Å². The Balaban J connectivity index is 1.94. The molecule has 0 aliphatic carbocycles. The van der Waals surface area contributed by atoms with Crippen LogP contribution in [0.25, 0.3) is 0 Å². The molecule has 1 amide bonds. The minimum atomic E-state index is -4.95. The van der Waals surface area contributed by atoms with Gasteiger partial charge in [-0.3, -0.25) is 5.32 Å². The van der Waals surface area contributed by atoms with Crippen LogP contribution in [-0.2, 0) is 18.9 Å². The minimum absolute atomic E-state index is 0.251. The fourth-order valence-corrected chi connectivity index (χ4v) is 3.02. The van der Waals surface area contributed by atoms with Crippen LogP contribution in [0.3, 0.4) is 0 Å². The Morgan fingerprint density at radius 3 is 2.71 bits per heavy atom. The van der Waals surface area contributed by atoms with Crippen molar-refractivity contribution in [3.8, 4) is 0 Å². The number of amidine groups is 1. The molecule has 1 aromatic rings. The quantitative estimate of drug-likeness (QED) is 0.571. The molecule has 10 nitrogen and oxygen atoms in total. The zero-order valence-electron chi connectivity index (χ0n) is 15.1. The fraction of sp³-hybridized carbons (Fsp3) is 0.667. The molecule has 2 N–H and O–H groups in total. The Labute approximate surface area is 157 Å². The van der Waals surface area contributed by atoms with Crippen LogP contribution in [0.4, 0.5) is 23.8 Å². The lowest BCUT2D eigenvalue weighted by molar-refractivity contribution is -0.201. The molecule has 3 heterocycles. The van der Waals surface area contributed by atoms with E-state index in [1.54, 1.807) is 13.8 Å². The zero-order valence-corrected chi connectivity index (χ0v) is 15.1. The summed E-state index contributed by atoms with van der Waals surface area (Å²) in [5, 5.41) is 15.0. The van der Waals surface area contributed by atoms with Gasteiger partial charge in [0.2, 0.25) is 5.84 Å². The van der Waals surface area contributed by atoms with Gasteiger partial charge in [-0.2, -0.15) is 18.3 Å². The number of alkyl carbamates (subject to hydrolysis) is 1. The molecule has 1 unspecified atom stereocenters. The Kier molecular flexibility index (Phi) is 5.36. The van der Waals surface area contributed by atoms with E-state index in [4.69, 9.17) is 14.2 Å². The van der Waals surface area contributed by atoms with Gasteiger partial charge >= 0.3 is 12.3 Å². The van der Waals surface area contributed by atoms with Crippen LogP contribution in [0, 0.1) is 0 Å². The lowest BCUT2D eigenvalue weighted by Gasteiger charge is -2.24. The number of amides is 1. The largest absolute Gasteiger partial charge is 0.453 e. The van der Waals surface area contributed by atoms with Gasteiger partial charge < -0.3 is 24.1 Å². The minimum Gasteiger partial charge on any atom is -0.453 e. The zero-order chi connectivity index (χ0) is 20.7. The van der Waals surface area contributed by atoms with Crippen LogP contribution in [-0.4, -0.2) is 70.8 Å². The van der Waals surface area contributed by atoms with Gasteiger partial charge in [-0.05, 0) is 13.8 Å². The highest BCUT2D eigenvalue weighted by atomic mass is 19.4. The first kappa shape index (κ1) is 20.5. The van der Waals surface area contributed by atoms with Crippen molar-refractivity contribution in [3.05, 3.63) is 12.3 Å². The van der Waals surface area contributed by atoms with Gasteiger partial charge in [-0.15, -0.1) is 0 Å². The Bertz CT molecular complexity index is 765. The number of ether oxygens (including phenoxy) is 4. The number of alkyl halides is 3. The number of rotatable bonds is 3. The highest BCUT2D eigenvalue weighted by Gasteiger charge is 2.56. The Morgan fingerprint density at radius 1 is 1.43 bits per heavy atom. The standard InChI is InChI=1S/C15H19F3N4O6/c1-14(2)27-9-7(6-23)26-11(10(9)28-14)22-8(4-5-19-22)20-12(15(16,17)18)21-13(24)25-3/h4-5,7,9-11,23H,6H2,1-3H3,(H,20,21,24)/t7-,9-,10?,11-/m1/s1. The van der Waals surface area contributed by atoms with Crippen molar-refractivity contribution >= 4 is 17.7 Å². The second-order valence-corrected chi connectivity index (χ2v) is 6.52. The molecule has 0 aromatic carbocycles. The summed E-state index contributed by atoms with van der Waals surface area (Å²) in [5.41, 5.74) is 0. The topological polar surface area (TPSA) is 116 Å². The first-order chi connectivity index (χ1) is 13.1. The molecule has 2 aliphatic rings. The molecule has 3 rings (SSSR count). The first-order valence-electron chi connectivity index (χ1n) is 8.22. The van der Waals surface area contributed by atoms with E-state index in [1.807, 2.05) is 0 Å². The predicted octanol–water partition coefficient (Wildman–Crippen LogP) is 1.24. The summed E-state index contributed by atoms with van der Waals surface area (Å²) < 4.78 is 62.0. The second-order valence-electron chi connectivity index (χ2n) is 6.52. The van der Waals surface area contributed by atoms with E-state index >= 15 is 0 Å². The molecule has 0 saturated carbocycles. The third kappa shape index (κ3) is 3.97. The summed E-state index contributed by atoms with van der Waals surface area (Å²) in [6.07, 6.45) is -8.18. The van der Waals surface area contributed by atoms with Gasteiger partial charge in [-0.1, -0.05) is 0 Å². The number of halogens is 3. The van der Waals surface area contributed by atoms with Crippen LogP contribution >= 0.6 is 0 Å². The lowest BCUT2D eigenvalue weighted by atomic mass is 10.1. The van der Waals surface area contributed by atoms with Gasteiger partial charge in [0.15, 0.2) is 17.8 Å². The third-order valence-corrected chi connectivity index (χ3v) is 4.10. The molecule has 1 aromatic heterocycles. The highest BCUT2D eigenvalue weighted by Crippen LogP contribution is 2.43. The number of carbonyl (C=O) groups excluding carboxylic acids is 1. The molecule has 156 valence electrons. The van der Waals surface area contributed by atoms with Crippen molar-refractivity contribution in [2.24, 2.45) is 4.99 Å². The van der Waals surface area contributed by atoms with Crippen LogP contribution in [0.5, 0.6) is 0 Å². The van der Waals surface area contributed by atoms with E-state index in [-0.39, 0.29) is 12.4 Å². The smallest absolute Gasteiger partial charge is 0.449 e. The van der Waals surface area contributed by atoms with Crippen molar-refractivity contribution < 1.29 is 42.0 Å². The number of methoxy groups -OCH3 is 1. The summed E-state index contributed by atoms with van der Waals surface area (Å²) in [7, 11) is 0.925. The number of carbonyl (C=O) groups is 1. The van der Waals surface area contributed by atoms with E-state index in [0.29, 0.717) is 0 Å². The molecule has 0 radical (unpaired) electrons. The number of hydrogen-bond acceptors (Lipinski definition) is 8. The van der Waals surface area contributed by atoms with Crippen LogP contribution in [0.2, 0.25) is 0 Å². The first-order valence-corrected chi connectivity index (χ1v) is 8.22. The number of hydrogen-bond donors (Lipinski definition) is 2. The molecular weight excluding hydrogens is 389 g/mol. The number of aliphatic imine (C=N–C) groups is 1. The van der Waals surface area contributed by atoms with Crippen molar-refractivity contribution in [1.29, 1.82) is 0 Å². The molecule has 2 saturated heterocycles. The maximum absolute atomic E-state index is 13.2.